The van der Waals surface area contributed by atoms with Gasteiger partial charge in [0.25, 0.3) is 0 Å². The van der Waals surface area contributed by atoms with Gasteiger partial charge in [0.05, 0.1) is 0 Å². The van der Waals surface area contributed by atoms with Gasteiger partial charge in [-0.05, 0) is 31.1 Å². The van der Waals surface area contributed by atoms with E-state index in [0.29, 0.717) is 0 Å². The Morgan fingerprint density at radius 2 is 2.25 bits per heavy atom. The highest BCUT2D eigenvalue weighted by Gasteiger charge is 2.26. The van der Waals surface area contributed by atoms with Crippen molar-refractivity contribution in [1.82, 2.24) is 10.2 Å². The minimum absolute atomic E-state index is 0.750. The van der Waals surface area contributed by atoms with Crippen molar-refractivity contribution in [3.8, 4) is 0 Å². The first-order valence-electron chi connectivity index (χ1n) is 6.87. The summed E-state index contributed by atoms with van der Waals surface area (Å²) in [6, 6.07) is 0.750. The second kappa shape index (κ2) is 5.83. The number of nitrogens with one attached hydrogen (secondary N) is 1. The van der Waals surface area contributed by atoms with Crippen molar-refractivity contribution in [2.24, 2.45) is 11.8 Å². The minimum Gasteiger partial charge on any atom is -0.314 e. The fraction of sp³-hybridized carbons (Fsp3) is 0.857. The van der Waals surface area contributed by atoms with Crippen LogP contribution in [0, 0.1) is 11.8 Å². The molecule has 0 aromatic carbocycles. The van der Waals surface area contributed by atoms with Crippen LogP contribution in [0.3, 0.4) is 0 Å². The molecule has 1 aliphatic carbocycles. The van der Waals surface area contributed by atoms with Crippen molar-refractivity contribution in [1.29, 1.82) is 0 Å². The van der Waals surface area contributed by atoms with Crippen LogP contribution >= 0.6 is 0 Å². The molecular formula is C14H26N2. The minimum atomic E-state index is 0.750. The van der Waals surface area contributed by atoms with Gasteiger partial charge in [0.15, 0.2) is 0 Å². The Labute approximate surface area is 100 Å². The van der Waals surface area contributed by atoms with Crippen LogP contribution in [0.15, 0.2) is 12.2 Å². The van der Waals surface area contributed by atoms with Crippen molar-refractivity contribution in [3.05, 3.63) is 12.2 Å². The standard InChI is InChI=1S/C14H26N2/c1-12(2)14-10-15-8-9-16(14)11-13-6-4-3-5-7-13/h3-4,12-15H,5-11H2,1-2H3. The van der Waals surface area contributed by atoms with Crippen LogP contribution in [0.1, 0.15) is 33.1 Å². The Bertz CT molecular complexity index is 235. The molecule has 2 heteroatoms. The van der Waals surface area contributed by atoms with Crippen molar-refractivity contribution < 1.29 is 0 Å². The maximum Gasteiger partial charge on any atom is 0.0244 e. The van der Waals surface area contributed by atoms with Crippen molar-refractivity contribution in [3.63, 3.8) is 0 Å². The lowest BCUT2D eigenvalue weighted by molar-refractivity contribution is 0.102. The fourth-order valence-electron chi connectivity index (χ4n) is 3.01. The van der Waals surface area contributed by atoms with E-state index in [0.717, 1.165) is 17.9 Å². The number of allylic oxidation sites excluding steroid dienone is 2. The lowest BCUT2D eigenvalue weighted by Crippen LogP contribution is -2.54. The zero-order chi connectivity index (χ0) is 11.4. The van der Waals surface area contributed by atoms with E-state index in [1.54, 1.807) is 0 Å². The summed E-state index contributed by atoms with van der Waals surface area (Å²) >= 11 is 0. The molecule has 0 spiro atoms. The SMILES string of the molecule is CC(C)C1CNCCN1CC1CC=CCC1. The average molecular weight is 222 g/mol. The van der Waals surface area contributed by atoms with Gasteiger partial charge in [-0.1, -0.05) is 26.0 Å². The van der Waals surface area contributed by atoms with Gasteiger partial charge in [-0.25, -0.2) is 0 Å². The summed E-state index contributed by atoms with van der Waals surface area (Å²) in [4.78, 5) is 2.73. The van der Waals surface area contributed by atoms with Crippen LogP contribution < -0.4 is 5.32 Å². The molecule has 2 nitrogen and oxygen atoms in total. The second-order valence-electron chi connectivity index (χ2n) is 5.66. The molecule has 0 aromatic rings. The van der Waals surface area contributed by atoms with Crippen molar-refractivity contribution >= 4 is 0 Å². The van der Waals surface area contributed by atoms with Crippen LogP contribution in [-0.4, -0.2) is 37.1 Å². The van der Waals surface area contributed by atoms with Crippen LogP contribution in [-0.2, 0) is 0 Å². The summed E-state index contributed by atoms with van der Waals surface area (Å²) in [6.07, 6.45) is 8.71. The zero-order valence-electron chi connectivity index (χ0n) is 10.8. The van der Waals surface area contributed by atoms with E-state index in [9.17, 15) is 0 Å². The van der Waals surface area contributed by atoms with Crippen molar-refractivity contribution in [2.75, 3.05) is 26.2 Å². The molecule has 1 fully saturated rings. The molecule has 0 aromatic heterocycles. The van der Waals surface area contributed by atoms with Crippen LogP contribution in [0.2, 0.25) is 0 Å². The first-order chi connectivity index (χ1) is 7.77. The number of nitrogens with zero attached hydrogens (tertiary/aromatic N) is 1. The molecule has 16 heavy (non-hydrogen) atoms. The predicted octanol–water partition coefficient (Wildman–Crippen LogP) is 2.27. The largest absolute Gasteiger partial charge is 0.314 e. The van der Waals surface area contributed by atoms with Gasteiger partial charge in [0.2, 0.25) is 0 Å². The maximum absolute atomic E-state index is 3.53. The van der Waals surface area contributed by atoms with E-state index in [1.807, 2.05) is 0 Å². The first-order valence-corrected chi connectivity index (χ1v) is 6.87. The monoisotopic (exact) mass is 222 g/mol. The van der Waals surface area contributed by atoms with E-state index >= 15 is 0 Å². The quantitative estimate of drug-likeness (QED) is 0.737. The molecule has 2 atom stereocenters. The van der Waals surface area contributed by atoms with E-state index in [2.05, 4.69) is 36.2 Å². The number of hydrogen-bond donors (Lipinski definition) is 1. The van der Waals surface area contributed by atoms with Gasteiger partial charge in [-0.3, -0.25) is 4.90 Å². The molecular weight excluding hydrogens is 196 g/mol. The number of hydrogen-bond acceptors (Lipinski definition) is 2. The summed E-state index contributed by atoms with van der Waals surface area (Å²) in [7, 11) is 0. The highest BCUT2D eigenvalue weighted by Crippen LogP contribution is 2.22. The molecule has 0 bridgehead atoms. The molecule has 92 valence electrons. The third-order valence-corrected chi connectivity index (χ3v) is 4.04. The van der Waals surface area contributed by atoms with Crippen LogP contribution in [0.5, 0.6) is 0 Å². The molecule has 2 aliphatic rings. The molecule has 1 heterocycles. The zero-order valence-corrected chi connectivity index (χ0v) is 10.8. The van der Waals surface area contributed by atoms with Gasteiger partial charge in [0.1, 0.15) is 0 Å². The summed E-state index contributed by atoms with van der Waals surface area (Å²) in [5, 5.41) is 3.53. The molecule has 2 rings (SSSR count). The predicted molar refractivity (Wildman–Crippen MR) is 69.5 cm³/mol. The highest BCUT2D eigenvalue weighted by atomic mass is 15.2. The summed E-state index contributed by atoms with van der Waals surface area (Å²) in [5.74, 6) is 1.68. The molecule has 0 saturated carbocycles. The summed E-state index contributed by atoms with van der Waals surface area (Å²) in [6.45, 7) is 9.61. The van der Waals surface area contributed by atoms with E-state index in [4.69, 9.17) is 0 Å². The van der Waals surface area contributed by atoms with Gasteiger partial charge >= 0.3 is 0 Å². The molecule has 0 amide bonds. The van der Waals surface area contributed by atoms with E-state index < -0.39 is 0 Å². The second-order valence-corrected chi connectivity index (χ2v) is 5.66. The maximum atomic E-state index is 3.53. The molecule has 1 aliphatic heterocycles. The van der Waals surface area contributed by atoms with Gasteiger partial charge < -0.3 is 5.32 Å². The van der Waals surface area contributed by atoms with Crippen molar-refractivity contribution in [2.45, 2.75) is 39.2 Å². The lowest BCUT2D eigenvalue weighted by atomic mass is 9.92. The Hall–Kier alpha value is -0.340. The Balaban J connectivity index is 1.87. The summed E-state index contributed by atoms with van der Waals surface area (Å²) < 4.78 is 0. The third kappa shape index (κ3) is 3.08. The normalized spacial score (nSPS) is 32.2. The van der Waals surface area contributed by atoms with E-state index in [-0.39, 0.29) is 0 Å². The van der Waals surface area contributed by atoms with Crippen LogP contribution in [0.4, 0.5) is 0 Å². The number of piperazine rings is 1. The molecule has 1 N–H and O–H groups in total. The smallest absolute Gasteiger partial charge is 0.0244 e. The fourth-order valence-corrected chi connectivity index (χ4v) is 3.01. The Kier molecular flexibility index (Phi) is 4.42. The van der Waals surface area contributed by atoms with Gasteiger partial charge in [-0.2, -0.15) is 0 Å². The Morgan fingerprint density at radius 3 is 2.94 bits per heavy atom. The number of rotatable bonds is 3. The lowest BCUT2D eigenvalue weighted by Gasteiger charge is -2.40. The summed E-state index contributed by atoms with van der Waals surface area (Å²) in [5.41, 5.74) is 0. The highest BCUT2D eigenvalue weighted by molar-refractivity contribution is 4.92. The topological polar surface area (TPSA) is 15.3 Å². The average Bonchev–Trinajstić information content (AvgIpc) is 2.31. The van der Waals surface area contributed by atoms with Crippen LogP contribution in [0.25, 0.3) is 0 Å². The molecule has 1 saturated heterocycles. The third-order valence-electron chi connectivity index (χ3n) is 4.04. The van der Waals surface area contributed by atoms with Gasteiger partial charge in [-0.15, -0.1) is 0 Å². The van der Waals surface area contributed by atoms with Gasteiger partial charge in [0, 0.05) is 32.2 Å². The van der Waals surface area contributed by atoms with E-state index in [1.165, 1.54) is 45.4 Å². The first kappa shape index (κ1) is 12.1. The Morgan fingerprint density at radius 1 is 1.38 bits per heavy atom. The molecule has 0 radical (unpaired) electrons. The molecule has 2 unspecified atom stereocenters.